The van der Waals surface area contributed by atoms with E-state index in [4.69, 9.17) is 9.47 Å². The van der Waals surface area contributed by atoms with Crippen molar-refractivity contribution in [2.45, 2.75) is 50.0 Å². The Labute approximate surface area is 206 Å². The molecule has 3 saturated heterocycles. The normalized spacial score (nSPS) is 28.6. The summed E-state index contributed by atoms with van der Waals surface area (Å²) in [5, 5.41) is 9.28. The fraction of sp³-hybridized carbons (Fsp3) is 0.519. The summed E-state index contributed by atoms with van der Waals surface area (Å²) < 4.78 is 11.7. The highest BCUT2D eigenvalue weighted by Gasteiger charge is 2.74. The average molecular weight is 483 g/mol. The summed E-state index contributed by atoms with van der Waals surface area (Å²) in [5.74, 6) is -2.44. The zero-order chi connectivity index (χ0) is 25.0. The number of likely N-dealkylation sites (tertiary alicyclic amines) is 1. The third-order valence-corrected chi connectivity index (χ3v) is 7.33. The fourth-order valence-electron chi connectivity index (χ4n) is 5.94. The van der Waals surface area contributed by atoms with Crippen molar-refractivity contribution in [1.29, 1.82) is 0 Å². The summed E-state index contributed by atoms with van der Waals surface area (Å²) in [6.45, 7) is 8.46. The second kappa shape index (κ2) is 10.7. The van der Waals surface area contributed by atoms with Gasteiger partial charge in [-0.05, 0) is 31.2 Å². The third kappa shape index (κ3) is 4.52. The Morgan fingerprint density at radius 1 is 1.23 bits per heavy atom. The first kappa shape index (κ1) is 25.1. The Balaban J connectivity index is 1.68. The maximum Gasteiger partial charge on any atom is 0.312 e. The van der Waals surface area contributed by atoms with E-state index in [-0.39, 0.29) is 25.0 Å². The zero-order valence-electron chi connectivity index (χ0n) is 20.0. The lowest BCUT2D eigenvalue weighted by Crippen LogP contribution is -2.56. The molecule has 1 aromatic rings. The number of aliphatic hydroxyl groups excluding tert-OH is 1. The topological polar surface area (TPSA) is 96.4 Å². The van der Waals surface area contributed by atoms with Crippen molar-refractivity contribution >= 4 is 17.8 Å². The highest BCUT2D eigenvalue weighted by atomic mass is 16.6. The van der Waals surface area contributed by atoms with Gasteiger partial charge in [0, 0.05) is 26.2 Å². The molecule has 0 aliphatic carbocycles. The van der Waals surface area contributed by atoms with Gasteiger partial charge >= 0.3 is 5.97 Å². The van der Waals surface area contributed by atoms with Crippen molar-refractivity contribution in [2.24, 2.45) is 11.8 Å². The van der Waals surface area contributed by atoms with E-state index in [0.717, 1.165) is 5.56 Å². The number of nitrogens with zero attached hydrogens (tertiary/aromatic N) is 2. The molecule has 4 rings (SSSR count). The Morgan fingerprint density at radius 3 is 2.69 bits per heavy atom. The number of hydrogen-bond acceptors (Lipinski definition) is 6. The number of ether oxygens (including phenoxy) is 2. The van der Waals surface area contributed by atoms with Gasteiger partial charge in [0.2, 0.25) is 11.8 Å². The van der Waals surface area contributed by atoms with E-state index in [2.05, 4.69) is 13.2 Å². The Morgan fingerprint density at radius 2 is 2.00 bits per heavy atom. The molecule has 2 amide bonds. The number of esters is 1. The monoisotopic (exact) mass is 482 g/mol. The number of carbonyl (C=O) groups is 3. The minimum absolute atomic E-state index is 0.000882. The maximum absolute atomic E-state index is 14.1. The van der Waals surface area contributed by atoms with Gasteiger partial charge in [-0.3, -0.25) is 14.4 Å². The Kier molecular flexibility index (Phi) is 7.72. The van der Waals surface area contributed by atoms with Crippen molar-refractivity contribution in [3.05, 3.63) is 61.2 Å². The van der Waals surface area contributed by atoms with Crippen LogP contribution >= 0.6 is 0 Å². The van der Waals surface area contributed by atoms with Crippen molar-refractivity contribution in [3.63, 3.8) is 0 Å². The van der Waals surface area contributed by atoms with Crippen LogP contribution in [0.1, 0.15) is 31.2 Å². The number of benzene rings is 1. The molecule has 3 fully saturated rings. The van der Waals surface area contributed by atoms with Gasteiger partial charge in [-0.15, -0.1) is 6.58 Å². The van der Waals surface area contributed by atoms with Crippen molar-refractivity contribution in [3.8, 4) is 0 Å². The molecule has 8 heteroatoms. The number of unbranched alkanes of at least 4 members (excludes halogenated alkanes) is 1. The van der Waals surface area contributed by atoms with Crippen LogP contribution in [-0.2, 0) is 30.4 Å². The number of amides is 2. The van der Waals surface area contributed by atoms with Gasteiger partial charge in [0.15, 0.2) is 0 Å². The molecule has 3 aliphatic heterocycles. The largest absolute Gasteiger partial charge is 0.461 e. The van der Waals surface area contributed by atoms with Crippen LogP contribution in [0.15, 0.2) is 55.6 Å². The Bertz CT molecular complexity index is 966. The number of fused-ring (bicyclic) bond motifs is 1. The second-order valence-corrected chi connectivity index (χ2v) is 9.43. The van der Waals surface area contributed by atoms with Crippen LogP contribution in [0, 0.1) is 11.8 Å². The molecule has 2 unspecified atom stereocenters. The van der Waals surface area contributed by atoms with Gasteiger partial charge in [-0.2, -0.15) is 0 Å². The van der Waals surface area contributed by atoms with Crippen LogP contribution < -0.4 is 0 Å². The van der Waals surface area contributed by atoms with Gasteiger partial charge in [0.05, 0.1) is 17.9 Å². The number of carbonyl (C=O) groups excluding carboxylic acids is 3. The summed E-state index contributed by atoms with van der Waals surface area (Å²) >= 11 is 0. The van der Waals surface area contributed by atoms with Crippen LogP contribution in [0.4, 0.5) is 0 Å². The lowest BCUT2D eigenvalue weighted by molar-refractivity contribution is -0.154. The average Bonchev–Trinajstić information content (AvgIpc) is 3.50. The van der Waals surface area contributed by atoms with Crippen molar-refractivity contribution in [1.82, 2.24) is 9.80 Å². The van der Waals surface area contributed by atoms with Gasteiger partial charge in [-0.25, -0.2) is 0 Å². The SMILES string of the molecule is C=CCOC(=O)[C@@H]1[C@@H]2CCC3(O2)C(C(=O)N(CC=C)Cc2ccccc2)N(CCCCO)C(=O)[C@H]13. The van der Waals surface area contributed by atoms with E-state index in [1.807, 2.05) is 30.3 Å². The molecule has 8 nitrogen and oxygen atoms in total. The molecular formula is C27H34N2O6. The third-order valence-electron chi connectivity index (χ3n) is 7.33. The van der Waals surface area contributed by atoms with Crippen molar-refractivity contribution < 1.29 is 29.0 Å². The second-order valence-electron chi connectivity index (χ2n) is 9.43. The van der Waals surface area contributed by atoms with Gasteiger partial charge in [0.1, 0.15) is 18.2 Å². The van der Waals surface area contributed by atoms with E-state index < -0.39 is 35.6 Å². The van der Waals surface area contributed by atoms with Gasteiger partial charge in [0.25, 0.3) is 0 Å². The highest BCUT2D eigenvalue weighted by molar-refractivity contribution is 5.98. The van der Waals surface area contributed by atoms with Crippen LogP contribution in [0.25, 0.3) is 0 Å². The first-order valence-electron chi connectivity index (χ1n) is 12.3. The molecule has 5 atom stereocenters. The fourth-order valence-corrected chi connectivity index (χ4v) is 5.94. The standard InChI is InChI=1S/C27H34N2O6/c1-3-14-28(18-19-10-6-5-7-11-19)25(32)23-27-13-12-20(35-27)21(26(33)34-17-4-2)22(27)24(31)29(23)15-8-9-16-30/h3-7,10-11,20-23,30H,1-2,8-9,12-18H2/t20-,21+,22-,23?,27?/m0/s1. The molecule has 3 aliphatic rings. The molecule has 1 N–H and O–H groups in total. The smallest absolute Gasteiger partial charge is 0.312 e. The van der Waals surface area contributed by atoms with E-state index in [0.29, 0.717) is 45.3 Å². The molecule has 3 heterocycles. The quantitative estimate of drug-likeness (QED) is 0.278. The number of rotatable bonds is 12. The molecule has 0 radical (unpaired) electrons. The predicted molar refractivity (Wildman–Crippen MR) is 129 cm³/mol. The lowest BCUT2D eigenvalue weighted by atomic mass is 9.70. The van der Waals surface area contributed by atoms with Crippen LogP contribution in [0.2, 0.25) is 0 Å². The minimum Gasteiger partial charge on any atom is -0.461 e. The molecule has 1 aromatic carbocycles. The molecule has 2 bridgehead atoms. The van der Waals surface area contributed by atoms with E-state index in [1.54, 1.807) is 15.9 Å². The van der Waals surface area contributed by atoms with E-state index in [9.17, 15) is 19.5 Å². The molecular weight excluding hydrogens is 448 g/mol. The zero-order valence-corrected chi connectivity index (χ0v) is 20.0. The van der Waals surface area contributed by atoms with Gasteiger partial charge in [-0.1, -0.05) is 49.1 Å². The number of hydrogen-bond donors (Lipinski definition) is 1. The highest BCUT2D eigenvalue weighted by Crippen LogP contribution is 2.58. The number of aliphatic hydroxyl groups is 1. The first-order valence-corrected chi connectivity index (χ1v) is 12.3. The molecule has 188 valence electrons. The Hall–Kier alpha value is -2.97. The summed E-state index contributed by atoms with van der Waals surface area (Å²) in [4.78, 5) is 44.1. The first-order chi connectivity index (χ1) is 17.0. The predicted octanol–water partition coefficient (Wildman–Crippen LogP) is 2.08. The summed E-state index contributed by atoms with van der Waals surface area (Å²) in [7, 11) is 0. The van der Waals surface area contributed by atoms with E-state index >= 15 is 0 Å². The van der Waals surface area contributed by atoms with Crippen LogP contribution in [-0.4, -0.2) is 76.7 Å². The van der Waals surface area contributed by atoms with Gasteiger partial charge < -0.3 is 24.4 Å². The van der Waals surface area contributed by atoms with Crippen LogP contribution in [0.3, 0.4) is 0 Å². The summed E-state index contributed by atoms with van der Waals surface area (Å²) in [5.41, 5.74) is -0.0955. The summed E-state index contributed by atoms with van der Waals surface area (Å²) in [6.07, 6.45) is 4.89. The van der Waals surface area contributed by atoms with E-state index in [1.165, 1.54) is 6.08 Å². The van der Waals surface area contributed by atoms with Crippen molar-refractivity contribution in [2.75, 3.05) is 26.3 Å². The molecule has 0 saturated carbocycles. The lowest BCUT2D eigenvalue weighted by Gasteiger charge is -2.36. The van der Waals surface area contributed by atoms with Crippen LogP contribution in [0.5, 0.6) is 0 Å². The summed E-state index contributed by atoms with van der Waals surface area (Å²) in [6, 6.07) is 8.81. The molecule has 0 aromatic heterocycles. The molecule has 35 heavy (non-hydrogen) atoms. The minimum atomic E-state index is -1.06. The maximum atomic E-state index is 14.1. The molecule has 1 spiro atoms.